The van der Waals surface area contributed by atoms with Gasteiger partial charge in [0, 0.05) is 11.3 Å². The number of carbonyl (C=O) groups excluding carboxylic acids is 2. The van der Waals surface area contributed by atoms with Crippen molar-refractivity contribution in [1.82, 2.24) is 0 Å². The highest BCUT2D eigenvalue weighted by Crippen LogP contribution is 2.27. The quantitative estimate of drug-likeness (QED) is 0.551. The van der Waals surface area contributed by atoms with Gasteiger partial charge in [0.05, 0.1) is 15.6 Å². The lowest BCUT2D eigenvalue weighted by Gasteiger charge is -2.14. The Bertz CT molecular complexity index is 968. The molecule has 0 fully saturated rings. The van der Waals surface area contributed by atoms with Crippen LogP contribution in [0, 0.1) is 0 Å². The summed E-state index contributed by atoms with van der Waals surface area (Å²) in [6.45, 7) is 4.15. The van der Waals surface area contributed by atoms with Gasteiger partial charge in [0.2, 0.25) is 0 Å². The predicted octanol–water partition coefficient (Wildman–Crippen LogP) is 6.03. The number of carbonyl (C=O) groups is 2. The lowest BCUT2D eigenvalue weighted by atomic mass is 10.0. The molecule has 138 valence electrons. The molecule has 0 unspecified atom stereocenters. The third kappa shape index (κ3) is 4.56. The minimum Gasteiger partial charge on any atom is -0.322 e. The summed E-state index contributed by atoms with van der Waals surface area (Å²) in [5.74, 6) is -0.228. The number of amides is 2. The normalized spacial score (nSPS) is 10.7. The third-order valence-electron chi connectivity index (χ3n) is 4.05. The summed E-state index contributed by atoms with van der Waals surface area (Å²) in [7, 11) is 0. The number of benzene rings is 2. The second-order valence-corrected chi connectivity index (χ2v) is 7.68. The topological polar surface area (TPSA) is 58.2 Å². The zero-order valence-electron chi connectivity index (χ0n) is 15.0. The molecule has 1 heterocycles. The van der Waals surface area contributed by atoms with Crippen molar-refractivity contribution in [2.45, 2.75) is 19.8 Å². The van der Waals surface area contributed by atoms with Gasteiger partial charge in [-0.3, -0.25) is 9.59 Å². The average Bonchev–Trinajstić information content (AvgIpc) is 3.18. The largest absolute Gasteiger partial charge is 0.322 e. The van der Waals surface area contributed by atoms with Crippen LogP contribution in [0.1, 0.15) is 45.4 Å². The second-order valence-electron chi connectivity index (χ2n) is 6.32. The Kier molecular flexibility index (Phi) is 5.94. The molecule has 3 rings (SSSR count). The van der Waals surface area contributed by atoms with Gasteiger partial charge in [-0.1, -0.05) is 49.7 Å². The SMILES string of the molecule is CC(C)c1ccccc1NC(=O)c1ccc(Cl)c(NC(=O)c2cccs2)c1. The third-order valence-corrected chi connectivity index (χ3v) is 5.25. The Morgan fingerprint density at radius 3 is 2.37 bits per heavy atom. The van der Waals surface area contributed by atoms with Gasteiger partial charge < -0.3 is 10.6 Å². The van der Waals surface area contributed by atoms with Gasteiger partial charge >= 0.3 is 0 Å². The number of hydrogen-bond acceptors (Lipinski definition) is 3. The van der Waals surface area contributed by atoms with E-state index in [4.69, 9.17) is 11.6 Å². The molecule has 0 aliphatic heterocycles. The highest BCUT2D eigenvalue weighted by atomic mass is 35.5. The monoisotopic (exact) mass is 398 g/mol. The Labute approximate surface area is 167 Å². The van der Waals surface area contributed by atoms with Crippen molar-refractivity contribution in [3.8, 4) is 0 Å². The number of halogens is 1. The summed E-state index contributed by atoms with van der Waals surface area (Å²) >= 11 is 7.53. The second kappa shape index (κ2) is 8.37. The van der Waals surface area contributed by atoms with Crippen LogP contribution in [0.4, 0.5) is 11.4 Å². The van der Waals surface area contributed by atoms with Crippen LogP contribution in [0.3, 0.4) is 0 Å². The first-order chi connectivity index (χ1) is 13.0. The van der Waals surface area contributed by atoms with Gasteiger partial charge in [-0.05, 0) is 47.2 Å². The van der Waals surface area contributed by atoms with E-state index in [1.54, 1.807) is 30.3 Å². The standard InChI is InChI=1S/C21H19ClN2O2S/c1-13(2)15-6-3-4-7-17(15)23-20(25)14-9-10-16(22)18(12-14)24-21(26)19-8-5-11-27-19/h3-13H,1-2H3,(H,23,25)(H,24,26). The smallest absolute Gasteiger partial charge is 0.265 e. The molecule has 6 heteroatoms. The minimum atomic E-state index is -0.258. The predicted molar refractivity (Wildman–Crippen MR) is 112 cm³/mol. The van der Waals surface area contributed by atoms with E-state index >= 15 is 0 Å². The summed E-state index contributed by atoms with van der Waals surface area (Å²) in [6, 6.07) is 16.1. The molecular weight excluding hydrogens is 380 g/mol. The molecule has 2 N–H and O–H groups in total. The number of hydrogen-bond donors (Lipinski definition) is 2. The molecule has 0 aliphatic carbocycles. The van der Waals surface area contributed by atoms with Crippen LogP contribution in [-0.4, -0.2) is 11.8 Å². The summed E-state index contributed by atoms with van der Waals surface area (Å²) in [4.78, 5) is 25.5. The minimum absolute atomic E-state index is 0.255. The molecule has 0 bridgehead atoms. The van der Waals surface area contributed by atoms with Gasteiger partial charge in [-0.25, -0.2) is 0 Å². The summed E-state index contributed by atoms with van der Waals surface area (Å²) in [5, 5.41) is 7.90. The van der Waals surface area contributed by atoms with E-state index in [-0.39, 0.29) is 17.7 Å². The van der Waals surface area contributed by atoms with Gasteiger partial charge in [-0.2, -0.15) is 0 Å². The van der Waals surface area contributed by atoms with Crippen molar-refractivity contribution >= 4 is 46.1 Å². The summed E-state index contributed by atoms with van der Waals surface area (Å²) < 4.78 is 0. The first kappa shape index (κ1) is 19.1. The van der Waals surface area contributed by atoms with E-state index in [0.29, 0.717) is 21.2 Å². The van der Waals surface area contributed by atoms with Crippen LogP contribution < -0.4 is 10.6 Å². The molecule has 0 spiro atoms. The molecule has 0 atom stereocenters. The van der Waals surface area contributed by atoms with Gasteiger partial charge in [0.1, 0.15) is 0 Å². The molecule has 0 radical (unpaired) electrons. The van der Waals surface area contributed by atoms with Crippen LogP contribution in [0.15, 0.2) is 60.0 Å². The fourth-order valence-corrected chi connectivity index (χ4v) is 3.45. The maximum absolute atomic E-state index is 12.7. The number of nitrogens with one attached hydrogen (secondary N) is 2. The van der Waals surface area contributed by atoms with E-state index in [1.165, 1.54) is 11.3 Å². The number of thiophene rings is 1. The highest BCUT2D eigenvalue weighted by Gasteiger charge is 2.14. The number of para-hydroxylation sites is 1. The Morgan fingerprint density at radius 1 is 0.926 bits per heavy atom. The molecule has 2 aromatic carbocycles. The summed E-state index contributed by atoms with van der Waals surface area (Å²) in [5.41, 5.74) is 2.65. The molecule has 1 aromatic heterocycles. The maximum Gasteiger partial charge on any atom is 0.265 e. The van der Waals surface area contributed by atoms with Crippen LogP contribution in [-0.2, 0) is 0 Å². The van der Waals surface area contributed by atoms with E-state index in [2.05, 4.69) is 24.5 Å². The van der Waals surface area contributed by atoms with E-state index < -0.39 is 0 Å². The molecular formula is C21H19ClN2O2S. The van der Waals surface area contributed by atoms with Crippen LogP contribution in [0.5, 0.6) is 0 Å². The average molecular weight is 399 g/mol. The number of anilines is 2. The molecule has 27 heavy (non-hydrogen) atoms. The van der Waals surface area contributed by atoms with Crippen LogP contribution in [0.25, 0.3) is 0 Å². The molecule has 2 amide bonds. The van der Waals surface area contributed by atoms with Crippen molar-refractivity contribution in [3.63, 3.8) is 0 Å². The van der Waals surface area contributed by atoms with Gasteiger partial charge in [0.15, 0.2) is 0 Å². The lowest BCUT2D eigenvalue weighted by Crippen LogP contribution is -2.15. The summed E-state index contributed by atoms with van der Waals surface area (Å²) in [6.07, 6.45) is 0. The van der Waals surface area contributed by atoms with Crippen molar-refractivity contribution in [1.29, 1.82) is 0 Å². The van der Waals surface area contributed by atoms with Gasteiger partial charge in [-0.15, -0.1) is 11.3 Å². The Hall–Kier alpha value is -2.63. The van der Waals surface area contributed by atoms with Crippen molar-refractivity contribution in [2.24, 2.45) is 0 Å². The zero-order chi connectivity index (χ0) is 19.4. The first-order valence-electron chi connectivity index (χ1n) is 8.50. The molecule has 0 saturated heterocycles. The van der Waals surface area contributed by atoms with E-state index in [9.17, 15) is 9.59 Å². The fourth-order valence-electron chi connectivity index (χ4n) is 2.66. The lowest BCUT2D eigenvalue weighted by molar-refractivity contribution is 0.101. The van der Waals surface area contributed by atoms with E-state index in [0.717, 1.165) is 11.3 Å². The highest BCUT2D eigenvalue weighted by molar-refractivity contribution is 7.12. The Balaban J connectivity index is 1.81. The van der Waals surface area contributed by atoms with Crippen molar-refractivity contribution in [3.05, 3.63) is 81.0 Å². The molecule has 0 aliphatic rings. The zero-order valence-corrected chi connectivity index (χ0v) is 16.5. The first-order valence-corrected chi connectivity index (χ1v) is 9.76. The molecule has 0 saturated carbocycles. The van der Waals surface area contributed by atoms with Gasteiger partial charge in [0.25, 0.3) is 11.8 Å². The van der Waals surface area contributed by atoms with Crippen LogP contribution in [0.2, 0.25) is 5.02 Å². The van der Waals surface area contributed by atoms with Crippen molar-refractivity contribution in [2.75, 3.05) is 10.6 Å². The molecule has 3 aromatic rings. The Morgan fingerprint density at radius 2 is 1.67 bits per heavy atom. The van der Waals surface area contributed by atoms with E-state index in [1.807, 2.05) is 29.6 Å². The molecule has 4 nitrogen and oxygen atoms in total. The van der Waals surface area contributed by atoms with Crippen molar-refractivity contribution < 1.29 is 9.59 Å². The number of rotatable bonds is 5. The van der Waals surface area contributed by atoms with Crippen LogP contribution >= 0.6 is 22.9 Å². The fraction of sp³-hybridized carbons (Fsp3) is 0.143. The maximum atomic E-state index is 12.7.